The van der Waals surface area contributed by atoms with Crippen molar-refractivity contribution < 1.29 is 29.1 Å². The lowest BCUT2D eigenvalue weighted by atomic mass is 10.2. The Balaban J connectivity index is 2.60. The van der Waals surface area contributed by atoms with Gasteiger partial charge in [-0.15, -0.1) is 0 Å². The van der Waals surface area contributed by atoms with E-state index in [2.05, 4.69) is 0 Å². The first kappa shape index (κ1) is 11.6. The van der Waals surface area contributed by atoms with Gasteiger partial charge in [0.2, 0.25) is 6.41 Å². The zero-order valence-corrected chi connectivity index (χ0v) is 8.21. The molecule has 3 N–H and O–H groups in total. The summed E-state index contributed by atoms with van der Waals surface area (Å²) >= 11 is 0. The van der Waals surface area contributed by atoms with Crippen LogP contribution in [0.3, 0.4) is 0 Å². The average molecular weight is 225 g/mol. The van der Waals surface area contributed by atoms with E-state index in [0.29, 0.717) is 12.8 Å². The Kier molecular flexibility index (Phi) is 3.63. The Morgan fingerprint density at radius 3 is 2.57 bits per heavy atom. The summed E-state index contributed by atoms with van der Waals surface area (Å²) < 4.78 is 15.7. The predicted molar refractivity (Wildman–Crippen MR) is 44.2 cm³/mol. The minimum atomic E-state index is -4.30. The lowest BCUT2D eigenvalue weighted by Gasteiger charge is -2.32. The Morgan fingerprint density at radius 1 is 1.43 bits per heavy atom. The van der Waals surface area contributed by atoms with Crippen LogP contribution in [0.4, 0.5) is 0 Å². The minimum absolute atomic E-state index is 0.146. The van der Waals surface area contributed by atoms with Crippen LogP contribution < -0.4 is 0 Å². The molecule has 14 heavy (non-hydrogen) atoms. The summed E-state index contributed by atoms with van der Waals surface area (Å²) in [6, 6.07) is 0. The van der Waals surface area contributed by atoms with Crippen molar-refractivity contribution in [3.63, 3.8) is 0 Å². The minimum Gasteiger partial charge on any atom is -0.340 e. The maximum absolute atomic E-state index is 10.8. The molecule has 7 nitrogen and oxygen atoms in total. The van der Waals surface area contributed by atoms with Crippen molar-refractivity contribution in [2.75, 3.05) is 0 Å². The number of ether oxygens (including phenoxy) is 1. The first-order valence-corrected chi connectivity index (χ1v) is 5.76. The third-order valence-corrected chi connectivity index (χ3v) is 3.12. The second kappa shape index (κ2) is 4.37. The van der Waals surface area contributed by atoms with Gasteiger partial charge < -0.3 is 14.5 Å². The summed E-state index contributed by atoms with van der Waals surface area (Å²) in [5.74, 6) is -1.23. The number of hydroxylamine groups is 2. The average Bonchev–Trinajstić information content (AvgIpc) is 2.15. The molecule has 2 atom stereocenters. The maximum atomic E-state index is 10.8. The summed E-state index contributed by atoms with van der Waals surface area (Å²) in [7, 11) is -4.30. The SMILES string of the molecule is O=CN(O)C1CCCC(P(=O)(O)O)O1. The maximum Gasteiger partial charge on any atom is 0.354 e. The molecule has 0 aromatic rings. The van der Waals surface area contributed by atoms with Crippen molar-refractivity contribution >= 4 is 14.0 Å². The molecule has 1 saturated heterocycles. The third kappa shape index (κ3) is 2.76. The number of nitrogens with zero attached hydrogens (tertiary/aromatic N) is 1. The van der Waals surface area contributed by atoms with Crippen LogP contribution in [-0.4, -0.2) is 38.5 Å². The van der Waals surface area contributed by atoms with Crippen molar-refractivity contribution in [2.45, 2.75) is 31.3 Å². The van der Waals surface area contributed by atoms with E-state index in [1.807, 2.05) is 0 Å². The summed E-state index contributed by atoms with van der Waals surface area (Å²) in [4.78, 5) is 27.8. The second-order valence-corrected chi connectivity index (χ2v) is 4.80. The Labute approximate surface area is 80.4 Å². The van der Waals surface area contributed by atoms with Gasteiger partial charge in [-0.05, 0) is 19.3 Å². The molecule has 1 aliphatic heterocycles. The van der Waals surface area contributed by atoms with Crippen molar-refractivity contribution in [3.05, 3.63) is 0 Å². The molecule has 0 spiro atoms. The Morgan fingerprint density at radius 2 is 2.07 bits per heavy atom. The molecule has 1 heterocycles. The van der Waals surface area contributed by atoms with Crippen molar-refractivity contribution in [1.82, 2.24) is 5.06 Å². The summed E-state index contributed by atoms with van der Waals surface area (Å²) in [6.07, 6.45) is 0.274. The normalized spacial score (nSPS) is 28.5. The van der Waals surface area contributed by atoms with E-state index < -0.39 is 19.7 Å². The van der Waals surface area contributed by atoms with Gasteiger partial charge in [-0.25, -0.2) is 0 Å². The van der Waals surface area contributed by atoms with Crippen LogP contribution in [0.5, 0.6) is 0 Å². The molecule has 0 bridgehead atoms. The Bertz CT molecular complexity index is 253. The van der Waals surface area contributed by atoms with Crippen molar-refractivity contribution in [1.29, 1.82) is 0 Å². The van der Waals surface area contributed by atoms with Crippen LogP contribution >= 0.6 is 7.60 Å². The largest absolute Gasteiger partial charge is 0.354 e. The van der Waals surface area contributed by atoms with Crippen LogP contribution in [0, 0.1) is 0 Å². The number of hydrogen-bond acceptors (Lipinski definition) is 4. The molecule has 1 amide bonds. The van der Waals surface area contributed by atoms with Crippen LogP contribution in [-0.2, 0) is 14.1 Å². The quantitative estimate of drug-likeness (QED) is 0.267. The number of rotatable bonds is 3. The van der Waals surface area contributed by atoms with E-state index in [4.69, 9.17) is 19.7 Å². The molecule has 0 aliphatic carbocycles. The highest BCUT2D eigenvalue weighted by atomic mass is 31.2. The standard InChI is InChI=1S/C6H12NO6P/c8-4-7(9)5-2-1-3-6(13-5)14(10,11)12/h4-6,9H,1-3H2,(H2,10,11,12). The number of amides is 1. The fourth-order valence-corrected chi connectivity index (χ4v) is 2.11. The van der Waals surface area contributed by atoms with Gasteiger partial charge in [0, 0.05) is 0 Å². The third-order valence-electron chi connectivity index (χ3n) is 1.99. The lowest BCUT2D eigenvalue weighted by Crippen LogP contribution is -2.39. The van der Waals surface area contributed by atoms with Crippen LogP contribution in [0.25, 0.3) is 0 Å². The number of carbonyl (C=O) groups is 1. The topological polar surface area (TPSA) is 107 Å². The lowest BCUT2D eigenvalue weighted by molar-refractivity contribution is -0.221. The molecule has 1 aliphatic rings. The van der Waals surface area contributed by atoms with Crippen LogP contribution in [0.1, 0.15) is 19.3 Å². The predicted octanol–water partition coefficient (Wildman–Crippen LogP) is -0.136. The fourth-order valence-electron chi connectivity index (χ4n) is 1.29. The van der Waals surface area contributed by atoms with E-state index in [9.17, 15) is 9.36 Å². The van der Waals surface area contributed by atoms with E-state index in [0.717, 1.165) is 0 Å². The van der Waals surface area contributed by atoms with Gasteiger partial charge in [-0.2, -0.15) is 5.06 Å². The van der Waals surface area contributed by atoms with Gasteiger partial charge >= 0.3 is 7.60 Å². The van der Waals surface area contributed by atoms with Gasteiger partial charge in [0.25, 0.3) is 0 Å². The van der Waals surface area contributed by atoms with Crippen molar-refractivity contribution in [3.8, 4) is 0 Å². The number of carbonyl (C=O) groups excluding carboxylic acids is 1. The molecular weight excluding hydrogens is 213 g/mol. The molecule has 1 fully saturated rings. The molecule has 0 radical (unpaired) electrons. The molecule has 0 saturated carbocycles. The first-order chi connectivity index (χ1) is 6.45. The summed E-state index contributed by atoms with van der Waals surface area (Å²) in [6.45, 7) is 0. The highest BCUT2D eigenvalue weighted by molar-refractivity contribution is 7.52. The molecule has 2 unspecified atom stereocenters. The van der Waals surface area contributed by atoms with Gasteiger partial charge in [0.15, 0.2) is 12.1 Å². The highest BCUT2D eigenvalue weighted by Crippen LogP contribution is 2.46. The van der Waals surface area contributed by atoms with Gasteiger partial charge in [-0.1, -0.05) is 0 Å². The Hall–Kier alpha value is -0.460. The number of hydrogen-bond donors (Lipinski definition) is 3. The van der Waals surface area contributed by atoms with Gasteiger partial charge in [0.1, 0.15) is 0 Å². The van der Waals surface area contributed by atoms with Crippen molar-refractivity contribution in [2.24, 2.45) is 0 Å². The highest BCUT2D eigenvalue weighted by Gasteiger charge is 2.36. The van der Waals surface area contributed by atoms with Gasteiger partial charge in [-0.3, -0.25) is 14.6 Å². The molecule has 0 aromatic carbocycles. The molecule has 82 valence electrons. The molecule has 8 heteroatoms. The van der Waals surface area contributed by atoms with Crippen LogP contribution in [0.15, 0.2) is 0 Å². The summed E-state index contributed by atoms with van der Waals surface area (Å²) in [5, 5.41) is 9.23. The van der Waals surface area contributed by atoms with Gasteiger partial charge in [0.05, 0.1) is 0 Å². The van der Waals surface area contributed by atoms with E-state index in [-0.39, 0.29) is 17.9 Å². The zero-order valence-electron chi connectivity index (χ0n) is 7.31. The monoisotopic (exact) mass is 225 g/mol. The van der Waals surface area contributed by atoms with E-state index >= 15 is 0 Å². The summed E-state index contributed by atoms with van der Waals surface area (Å²) in [5.41, 5.74) is 0. The second-order valence-electron chi connectivity index (χ2n) is 3.05. The molecule has 0 aromatic heterocycles. The van der Waals surface area contributed by atoms with E-state index in [1.54, 1.807) is 0 Å². The molecule has 1 rings (SSSR count). The zero-order chi connectivity index (χ0) is 10.8. The van der Waals surface area contributed by atoms with Crippen LogP contribution in [0.2, 0.25) is 0 Å². The smallest absolute Gasteiger partial charge is 0.340 e. The fraction of sp³-hybridized carbons (Fsp3) is 0.833. The molecular formula is C6H12NO6P. The first-order valence-electron chi connectivity index (χ1n) is 4.08. The van der Waals surface area contributed by atoms with E-state index in [1.165, 1.54) is 0 Å².